The van der Waals surface area contributed by atoms with Gasteiger partial charge >= 0.3 is 5.97 Å². The summed E-state index contributed by atoms with van der Waals surface area (Å²) < 4.78 is 4.78. The smallest absolute Gasteiger partial charge is 0.328 e. The number of methoxy groups -OCH3 is 1. The molecule has 0 N–H and O–H groups in total. The van der Waals surface area contributed by atoms with Crippen LogP contribution in [-0.4, -0.2) is 36.5 Å². The quantitative estimate of drug-likeness (QED) is 0.628. The van der Waals surface area contributed by atoms with E-state index in [1.54, 1.807) is 29.2 Å². The van der Waals surface area contributed by atoms with Crippen molar-refractivity contribution < 1.29 is 14.3 Å². The normalized spacial score (nSPS) is 17.0. The van der Waals surface area contributed by atoms with Gasteiger partial charge in [-0.05, 0) is 49.2 Å². The third kappa shape index (κ3) is 3.91. The summed E-state index contributed by atoms with van der Waals surface area (Å²) in [7, 11) is 1.34. The van der Waals surface area contributed by atoms with Crippen LogP contribution in [0.4, 0.5) is 11.4 Å². The van der Waals surface area contributed by atoms with Gasteiger partial charge in [0.1, 0.15) is 6.04 Å². The Labute approximate surface area is 146 Å². The number of hydrogen-bond acceptors (Lipinski definition) is 5. The number of carbonyl (C=O) groups excluding carboxylic acids is 2. The van der Waals surface area contributed by atoms with E-state index in [0.29, 0.717) is 24.2 Å². The number of benzene rings is 2. The molecule has 1 unspecified atom stereocenters. The summed E-state index contributed by atoms with van der Waals surface area (Å²) in [4.78, 5) is 26.0. The first-order chi connectivity index (χ1) is 12.2. The number of nitrogens with zero attached hydrogens (tertiary/aromatic N) is 3. The average molecular weight is 337 g/mol. The molecule has 25 heavy (non-hydrogen) atoms. The van der Waals surface area contributed by atoms with Crippen LogP contribution in [0, 0.1) is 0 Å². The van der Waals surface area contributed by atoms with Crippen molar-refractivity contribution in [1.29, 1.82) is 0 Å². The Kier molecular flexibility index (Phi) is 5.18. The van der Waals surface area contributed by atoms with Gasteiger partial charge in [-0.25, -0.2) is 4.79 Å². The Morgan fingerprint density at radius 1 is 1.00 bits per heavy atom. The fraction of sp³-hybridized carbons (Fsp3) is 0.263. The lowest BCUT2D eigenvalue weighted by Crippen LogP contribution is -2.41. The Hall–Kier alpha value is -3.02. The molecular formula is C19H19N3O3. The number of hydrogen-bond donors (Lipinski definition) is 0. The Bertz CT molecular complexity index is 772. The van der Waals surface area contributed by atoms with Gasteiger partial charge in [0.15, 0.2) is 0 Å². The predicted octanol–water partition coefficient (Wildman–Crippen LogP) is 3.88. The number of ether oxygens (including phenoxy) is 1. The van der Waals surface area contributed by atoms with Gasteiger partial charge in [0.2, 0.25) is 0 Å². The highest BCUT2D eigenvalue weighted by molar-refractivity contribution is 5.97. The first kappa shape index (κ1) is 16.8. The zero-order valence-corrected chi connectivity index (χ0v) is 14.0. The zero-order chi connectivity index (χ0) is 17.6. The zero-order valence-electron chi connectivity index (χ0n) is 14.0. The van der Waals surface area contributed by atoms with Gasteiger partial charge in [0.05, 0.1) is 18.5 Å². The second-order valence-electron chi connectivity index (χ2n) is 5.76. The highest BCUT2D eigenvalue weighted by atomic mass is 16.5. The van der Waals surface area contributed by atoms with E-state index in [-0.39, 0.29) is 11.9 Å². The third-order valence-electron chi connectivity index (χ3n) is 4.14. The molecule has 0 aromatic heterocycles. The molecular weight excluding hydrogens is 318 g/mol. The summed E-state index contributed by atoms with van der Waals surface area (Å²) in [6.45, 7) is 0.564. The Balaban J connectivity index is 1.70. The molecule has 0 saturated carbocycles. The highest BCUT2D eigenvalue weighted by Crippen LogP contribution is 2.23. The van der Waals surface area contributed by atoms with Gasteiger partial charge in [0.25, 0.3) is 5.91 Å². The van der Waals surface area contributed by atoms with Crippen molar-refractivity contribution in [2.24, 2.45) is 10.2 Å². The van der Waals surface area contributed by atoms with E-state index in [1.807, 2.05) is 30.3 Å². The number of carbonyl (C=O) groups is 2. The largest absolute Gasteiger partial charge is 0.467 e. The fourth-order valence-electron chi connectivity index (χ4n) is 2.84. The van der Waals surface area contributed by atoms with Gasteiger partial charge in [0, 0.05) is 12.1 Å². The third-order valence-corrected chi connectivity index (χ3v) is 4.14. The molecule has 0 radical (unpaired) electrons. The van der Waals surface area contributed by atoms with Crippen LogP contribution in [0.1, 0.15) is 23.2 Å². The van der Waals surface area contributed by atoms with Crippen LogP contribution in [0.15, 0.2) is 64.8 Å². The van der Waals surface area contributed by atoms with Crippen molar-refractivity contribution in [3.8, 4) is 0 Å². The van der Waals surface area contributed by atoms with Crippen molar-refractivity contribution in [3.63, 3.8) is 0 Å². The molecule has 0 bridgehead atoms. The molecule has 1 amide bonds. The molecule has 1 aliphatic heterocycles. The molecule has 1 saturated heterocycles. The van der Waals surface area contributed by atoms with Crippen LogP contribution >= 0.6 is 0 Å². The maximum Gasteiger partial charge on any atom is 0.328 e. The molecule has 2 aromatic rings. The number of likely N-dealkylation sites (tertiary alicyclic amines) is 1. The maximum absolute atomic E-state index is 12.6. The summed E-state index contributed by atoms with van der Waals surface area (Å²) in [5.74, 6) is -0.529. The van der Waals surface area contributed by atoms with E-state index < -0.39 is 6.04 Å². The number of rotatable bonds is 4. The van der Waals surface area contributed by atoms with Crippen molar-refractivity contribution in [2.75, 3.05) is 13.7 Å². The fourth-order valence-corrected chi connectivity index (χ4v) is 2.84. The lowest BCUT2D eigenvalue weighted by atomic mass is 10.1. The van der Waals surface area contributed by atoms with Gasteiger partial charge < -0.3 is 9.64 Å². The van der Waals surface area contributed by atoms with Crippen molar-refractivity contribution in [1.82, 2.24) is 4.90 Å². The van der Waals surface area contributed by atoms with Gasteiger partial charge in [-0.2, -0.15) is 10.2 Å². The van der Waals surface area contributed by atoms with E-state index in [2.05, 4.69) is 10.2 Å². The van der Waals surface area contributed by atoms with Gasteiger partial charge in [-0.1, -0.05) is 18.2 Å². The van der Waals surface area contributed by atoms with E-state index in [9.17, 15) is 9.59 Å². The van der Waals surface area contributed by atoms with E-state index in [1.165, 1.54) is 7.11 Å². The summed E-state index contributed by atoms with van der Waals surface area (Å²) in [6.07, 6.45) is 1.44. The highest BCUT2D eigenvalue weighted by Gasteiger charge is 2.35. The minimum Gasteiger partial charge on any atom is -0.467 e. The first-order valence-electron chi connectivity index (χ1n) is 8.14. The van der Waals surface area contributed by atoms with E-state index >= 15 is 0 Å². The maximum atomic E-state index is 12.6. The molecule has 0 spiro atoms. The van der Waals surface area contributed by atoms with Crippen LogP contribution in [0.5, 0.6) is 0 Å². The lowest BCUT2D eigenvalue weighted by molar-refractivity contribution is -0.145. The molecule has 1 fully saturated rings. The van der Waals surface area contributed by atoms with Crippen LogP contribution < -0.4 is 0 Å². The molecule has 6 heteroatoms. The molecule has 1 atom stereocenters. The minimum atomic E-state index is -0.491. The standard InChI is InChI=1S/C19H19N3O3/c1-25-19(24)17-8-5-13-22(17)18(23)14-9-11-16(12-10-14)21-20-15-6-3-2-4-7-15/h2-4,6-7,9-12,17H,5,8,13H2,1H3. The monoisotopic (exact) mass is 337 g/mol. The number of amides is 1. The van der Waals surface area contributed by atoms with E-state index in [0.717, 1.165) is 12.1 Å². The van der Waals surface area contributed by atoms with Gasteiger partial charge in [-0.15, -0.1) is 0 Å². The molecule has 2 aromatic carbocycles. The minimum absolute atomic E-state index is 0.167. The summed E-state index contributed by atoms with van der Waals surface area (Å²) in [5, 5.41) is 8.30. The first-order valence-corrected chi connectivity index (χ1v) is 8.14. The summed E-state index contributed by atoms with van der Waals surface area (Å²) >= 11 is 0. The van der Waals surface area contributed by atoms with Crippen molar-refractivity contribution in [3.05, 3.63) is 60.2 Å². The lowest BCUT2D eigenvalue weighted by Gasteiger charge is -2.22. The molecule has 1 aliphatic rings. The van der Waals surface area contributed by atoms with Crippen LogP contribution in [0.2, 0.25) is 0 Å². The number of esters is 1. The molecule has 3 rings (SSSR count). The van der Waals surface area contributed by atoms with Gasteiger partial charge in [-0.3, -0.25) is 4.79 Å². The summed E-state index contributed by atoms with van der Waals surface area (Å²) in [6, 6.07) is 15.8. The molecule has 0 aliphatic carbocycles. The van der Waals surface area contributed by atoms with Crippen LogP contribution in [0.3, 0.4) is 0 Å². The summed E-state index contributed by atoms with van der Waals surface area (Å²) in [5.41, 5.74) is 1.95. The topological polar surface area (TPSA) is 71.3 Å². The number of azo groups is 1. The Morgan fingerprint density at radius 2 is 1.64 bits per heavy atom. The predicted molar refractivity (Wildman–Crippen MR) is 93.1 cm³/mol. The van der Waals surface area contributed by atoms with Crippen molar-refractivity contribution in [2.45, 2.75) is 18.9 Å². The average Bonchev–Trinajstić information content (AvgIpc) is 3.16. The second-order valence-corrected chi connectivity index (χ2v) is 5.76. The van der Waals surface area contributed by atoms with Crippen LogP contribution in [-0.2, 0) is 9.53 Å². The van der Waals surface area contributed by atoms with E-state index in [4.69, 9.17) is 4.74 Å². The molecule has 128 valence electrons. The SMILES string of the molecule is COC(=O)C1CCCN1C(=O)c1ccc(N=Nc2ccccc2)cc1. The van der Waals surface area contributed by atoms with Crippen molar-refractivity contribution >= 4 is 23.3 Å². The molecule has 1 heterocycles. The molecule has 6 nitrogen and oxygen atoms in total. The Morgan fingerprint density at radius 3 is 2.28 bits per heavy atom. The van der Waals surface area contributed by atoms with Crippen LogP contribution in [0.25, 0.3) is 0 Å². The second kappa shape index (κ2) is 7.70.